The fourth-order valence-corrected chi connectivity index (χ4v) is 2.88. The third-order valence-electron chi connectivity index (χ3n) is 4.00. The Morgan fingerprint density at radius 3 is 3.14 bits per heavy atom. The molecule has 2 fully saturated rings. The first-order valence-corrected chi connectivity index (χ1v) is 6.36. The Kier molecular flexibility index (Phi) is 2.43. The molecular weight excluding hydrogens is 282 g/mol. The van der Waals surface area contributed by atoms with E-state index in [1.165, 1.54) is 10.9 Å². The van der Waals surface area contributed by atoms with E-state index in [0.29, 0.717) is 0 Å². The van der Waals surface area contributed by atoms with Gasteiger partial charge in [-0.3, -0.25) is 14.3 Å². The molecule has 2 aliphatic heterocycles. The SMILES string of the molecule is Nc1nc2c(ncn2[C@@H]2O[C@@]3(CO)COC2C3O)c(=O)[nH]1. The highest BCUT2D eigenvalue weighted by Crippen LogP contribution is 2.45. The van der Waals surface area contributed by atoms with E-state index in [0.717, 1.165) is 0 Å². The molecule has 2 bridgehead atoms. The summed E-state index contributed by atoms with van der Waals surface area (Å²) in [4.78, 5) is 22.1. The Morgan fingerprint density at radius 1 is 1.62 bits per heavy atom. The molecule has 2 saturated heterocycles. The number of nitrogens with two attached hydrogens (primary N) is 1. The Morgan fingerprint density at radius 2 is 2.43 bits per heavy atom. The maximum Gasteiger partial charge on any atom is 0.280 e. The number of H-pyrrole nitrogens is 1. The lowest BCUT2D eigenvalue weighted by Crippen LogP contribution is -2.44. The summed E-state index contributed by atoms with van der Waals surface area (Å²) < 4.78 is 12.7. The first kappa shape index (κ1) is 12.7. The van der Waals surface area contributed by atoms with Crippen LogP contribution in [0, 0.1) is 0 Å². The summed E-state index contributed by atoms with van der Waals surface area (Å²) in [5.74, 6) is -0.0456. The summed E-state index contributed by atoms with van der Waals surface area (Å²) in [5, 5.41) is 19.6. The number of aromatic amines is 1. The fourth-order valence-electron chi connectivity index (χ4n) is 2.88. The van der Waals surface area contributed by atoms with Crippen LogP contribution in [0.25, 0.3) is 11.2 Å². The maximum atomic E-state index is 11.8. The van der Waals surface area contributed by atoms with Crippen molar-refractivity contribution < 1.29 is 19.7 Å². The molecular formula is C11H13N5O5. The van der Waals surface area contributed by atoms with Gasteiger partial charge in [0.05, 0.1) is 19.5 Å². The summed E-state index contributed by atoms with van der Waals surface area (Å²) in [6.07, 6.45) is -1.00. The Hall–Kier alpha value is -2.01. The van der Waals surface area contributed by atoms with Crippen molar-refractivity contribution in [3.05, 3.63) is 16.7 Å². The zero-order valence-electron chi connectivity index (χ0n) is 10.8. The topological polar surface area (TPSA) is 149 Å². The minimum Gasteiger partial charge on any atom is -0.393 e. The van der Waals surface area contributed by atoms with Crippen LogP contribution in [0.5, 0.6) is 0 Å². The molecule has 2 aliphatic rings. The van der Waals surface area contributed by atoms with E-state index in [-0.39, 0.29) is 30.3 Å². The number of aliphatic hydroxyl groups is 2. The molecule has 4 atom stereocenters. The molecule has 2 aromatic rings. The van der Waals surface area contributed by atoms with Gasteiger partial charge >= 0.3 is 0 Å². The van der Waals surface area contributed by atoms with Crippen molar-refractivity contribution in [3.8, 4) is 0 Å². The molecule has 4 rings (SSSR count). The molecule has 10 nitrogen and oxygen atoms in total. The smallest absolute Gasteiger partial charge is 0.280 e. The fraction of sp³-hybridized carbons (Fsp3) is 0.545. The molecule has 4 heterocycles. The van der Waals surface area contributed by atoms with Gasteiger partial charge in [0.15, 0.2) is 17.4 Å². The molecule has 0 aliphatic carbocycles. The summed E-state index contributed by atoms with van der Waals surface area (Å²) in [6.45, 7) is -0.265. The third-order valence-corrected chi connectivity index (χ3v) is 4.00. The van der Waals surface area contributed by atoms with Crippen molar-refractivity contribution in [1.29, 1.82) is 0 Å². The predicted molar refractivity (Wildman–Crippen MR) is 68.2 cm³/mol. The Balaban J connectivity index is 1.84. The van der Waals surface area contributed by atoms with Gasteiger partial charge in [-0.1, -0.05) is 0 Å². The van der Waals surface area contributed by atoms with Crippen LogP contribution in [0.1, 0.15) is 6.23 Å². The van der Waals surface area contributed by atoms with Crippen molar-refractivity contribution >= 4 is 17.1 Å². The van der Waals surface area contributed by atoms with E-state index in [2.05, 4.69) is 15.0 Å². The van der Waals surface area contributed by atoms with Gasteiger partial charge in [0.25, 0.3) is 5.56 Å². The lowest BCUT2D eigenvalue weighted by atomic mass is 10.0. The zero-order valence-corrected chi connectivity index (χ0v) is 10.8. The molecule has 2 aromatic heterocycles. The van der Waals surface area contributed by atoms with E-state index >= 15 is 0 Å². The van der Waals surface area contributed by atoms with Crippen molar-refractivity contribution in [2.24, 2.45) is 0 Å². The van der Waals surface area contributed by atoms with Gasteiger partial charge in [0.2, 0.25) is 5.95 Å². The van der Waals surface area contributed by atoms with Crippen molar-refractivity contribution in [1.82, 2.24) is 19.5 Å². The van der Waals surface area contributed by atoms with Gasteiger partial charge in [-0.05, 0) is 0 Å². The molecule has 0 radical (unpaired) electrons. The number of fused-ring (bicyclic) bond motifs is 3. The van der Waals surface area contributed by atoms with Gasteiger partial charge in [-0.15, -0.1) is 0 Å². The van der Waals surface area contributed by atoms with Crippen LogP contribution in [0.3, 0.4) is 0 Å². The molecule has 5 N–H and O–H groups in total. The Bertz CT molecular complexity index is 772. The second kappa shape index (κ2) is 4.01. The van der Waals surface area contributed by atoms with E-state index in [1.54, 1.807) is 0 Å². The molecule has 0 aromatic carbocycles. The van der Waals surface area contributed by atoms with E-state index in [4.69, 9.17) is 15.2 Å². The molecule has 2 unspecified atom stereocenters. The minimum atomic E-state index is -1.15. The second-order valence-corrected chi connectivity index (χ2v) is 5.23. The van der Waals surface area contributed by atoms with Crippen molar-refractivity contribution in [2.75, 3.05) is 18.9 Å². The normalized spacial score (nSPS) is 34.9. The Labute approximate surface area is 117 Å². The predicted octanol–water partition coefficient (Wildman–Crippen LogP) is -2.28. The number of aliphatic hydroxyl groups excluding tert-OH is 2. The number of hydrogen-bond donors (Lipinski definition) is 4. The van der Waals surface area contributed by atoms with Crippen LogP contribution >= 0.6 is 0 Å². The van der Waals surface area contributed by atoms with Crippen LogP contribution in [0.15, 0.2) is 11.1 Å². The first-order valence-electron chi connectivity index (χ1n) is 6.36. The van der Waals surface area contributed by atoms with Crippen molar-refractivity contribution in [2.45, 2.75) is 24.0 Å². The van der Waals surface area contributed by atoms with Gasteiger partial charge in [0, 0.05) is 0 Å². The van der Waals surface area contributed by atoms with Crippen LogP contribution in [0.2, 0.25) is 0 Å². The van der Waals surface area contributed by atoms with Gasteiger partial charge in [-0.2, -0.15) is 4.98 Å². The number of nitrogens with one attached hydrogen (secondary N) is 1. The average molecular weight is 295 g/mol. The van der Waals surface area contributed by atoms with Gasteiger partial charge in [-0.25, -0.2) is 4.98 Å². The number of nitrogen functional groups attached to an aromatic ring is 1. The number of ether oxygens (including phenoxy) is 2. The van der Waals surface area contributed by atoms with Crippen LogP contribution in [-0.4, -0.2) is 60.8 Å². The largest absolute Gasteiger partial charge is 0.393 e. The summed E-state index contributed by atoms with van der Waals surface area (Å²) in [6, 6.07) is 0. The standard InChI is InChI=1S/C11H13N5O5/c12-10-14-7-4(8(19)15-10)13-3-16(7)9-5-6(18)11(1-17,21-9)2-20-5/h3,5-6,9,17-18H,1-2H2,(H3,12,14,15,19)/t5?,6?,9-,11+/m1/s1. The van der Waals surface area contributed by atoms with Crippen LogP contribution < -0.4 is 11.3 Å². The highest BCUT2D eigenvalue weighted by molar-refractivity contribution is 5.70. The summed E-state index contributed by atoms with van der Waals surface area (Å²) >= 11 is 0. The first-order chi connectivity index (χ1) is 10.1. The number of anilines is 1. The summed E-state index contributed by atoms with van der Waals surface area (Å²) in [5.41, 5.74) is 4.27. The maximum absolute atomic E-state index is 11.8. The molecule has 21 heavy (non-hydrogen) atoms. The summed E-state index contributed by atoms with van der Waals surface area (Å²) in [7, 11) is 0. The zero-order chi connectivity index (χ0) is 14.8. The van der Waals surface area contributed by atoms with E-state index in [1.807, 2.05) is 0 Å². The van der Waals surface area contributed by atoms with Gasteiger partial charge in [0.1, 0.15) is 17.8 Å². The molecule has 0 saturated carbocycles. The minimum absolute atomic E-state index is 0.0456. The van der Waals surface area contributed by atoms with E-state index in [9.17, 15) is 15.0 Å². The molecule has 10 heteroatoms. The van der Waals surface area contributed by atoms with Crippen LogP contribution in [-0.2, 0) is 9.47 Å². The molecule has 0 amide bonds. The quantitative estimate of drug-likeness (QED) is 0.484. The lowest BCUT2D eigenvalue weighted by molar-refractivity contribution is -0.185. The second-order valence-electron chi connectivity index (χ2n) is 5.23. The number of nitrogens with zero attached hydrogens (tertiary/aromatic N) is 3. The average Bonchev–Trinajstić information content (AvgIpc) is 3.09. The van der Waals surface area contributed by atoms with Crippen LogP contribution in [0.4, 0.5) is 5.95 Å². The highest BCUT2D eigenvalue weighted by atomic mass is 16.7. The third kappa shape index (κ3) is 1.52. The van der Waals surface area contributed by atoms with E-state index < -0.39 is 29.6 Å². The highest BCUT2D eigenvalue weighted by Gasteiger charge is 2.61. The molecule has 112 valence electrons. The lowest BCUT2D eigenvalue weighted by Gasteiger charge is -2.29. The monoisotopic (exact) mass is 295 g/mol. The van der Waals surface area contributed by atoms with Crippen molar-refractivity contribution in [3.63, 3.8) is 0 Å². The number of aromatic nitrogens is 4. The number of hydrogen-bond acceptors (Lipinski definition) is 8. The van der Waals surface area contributed by atoms with Gasteiger partial charge < -0.3 is 25.4 Å². The number of imidazole rings is 1. The number of rotatable bonds is 2. The molecule has 0 spiro atoms.